The smallest absolute Gasteiger partial charge is 0.412 e. The number of rotatable bonds is 6. The second-order valence-electron chi connectivity index (χ2n) is 3.81. The fourth-order valence-corrected chi connectivity index (χ4v) is 1.27. The predicted molar refractivity (Wildman–Crippen MR) is 74.2 cm³/mol. The molecule has 0 spiro atoms. The van der Waals surface area contributed by atoms with Gasteiger partial charge in [-0.25, -0.2) is 19.2 Å². The molecule has 12 heteroatoms. The van der Waals surface area contributed by atoms with E-state index in [2.05, 4.69) is 29.6 Å². The van der Waals surface area contributed by atoms with E-state index in [4.69, 9.17) is 0 Å². The number of carbonyl (C=O) groups is 4. The molecule has 0 aliphatic rings. The summed E-state index contributed by atoms with van der Waals surface area (Å²) in [6.45, 7) is -0.941. The van der Waals surface area contributed by atoms with Crippen molar-refractivity contribution in [2.24, 2.45) is 0 Å². The van der Waals surface area contributed by atoms with Gasteiger partial charge in [-0.15, -0.1) is 0 Å². The third kappa shape index (κ3) is 7.59. The quantitative estimate of drug-likeness (QED) is 0.499. The highest BCUT2D eigenvalue weighted by Crippen LogP contribution is 1.99. The van der Waals surface area contributed by atoms with E-state index < -0.39 is 24.4 Å². The lowest BCUT2D eigenvalue weighted by molar-refractivity contribution is 0.0682. The molecule has 4 amide bonds. The molecule has 0 unspecified atom stereocenters. The largest absolute Gasteiger partial charge is 0.453 e. The Hall–Kier alpha value is -2.92. The molecular weight excluding hydrogens is 316 g/mol. The Morgan fingerprint density at radius 1 is 0.696 bits per heavy atom. The van der Waals surface area contributed by atoms with Crippen LogP contribution < -0.4 is 10.6 Å². The summed E-state index contributed by atoms with van der Waals surface area (Å²) >= 11 is 0. The molecule has 0 aromatic rings. The molecule has 0 aliphatic carbocycles. The van der Waals surface area contributed by atoms with Gasteiger partial charge in [-0.3, -0.25) is 9.80 Å². The van der Waals surface area contributed by atoms with Gasteiger partial charge >= 0.3 is 24.4 Å². The van der Waals surface area contributed by atoms with Crippen LogP contribution in [0.5, 0.6) is 0 Å². The highest BCUT2D eigenvalue weighted by atomic mass is 16.6. The van der Waals surface area contributed by atoms with Gasteiger partial charge in [0, 0.05) is 0 Å². The molecule has 12 nitrogen and oxygen atoms in total. The van der Waals surface area contributed by atoms with Gasteiger partial charge in [0.1, 0.15) is 20.0 Å². The molecule has 132 valence electrons. The summed E-state index contributed by atoms with van der Waals surface area (Å²) in [6, 6.07) is 0. The zero-order valence-corrected chi connectivity index (χ0v) is 13.3. The first-order valence-corrected chi connectivity index (χ1v) is 6.19. The van der Waals surface area contributed by atoms with E-state index in [1.54, 1.807) is 0 Å². The second-order valence-corrected chi connectivity index (χ2v) is 3.81. The minimum atomic E-state index is -0.826. The zero-order valence-electron chi connectivity index (χ0n) is 13.3. The van der Waals surface area contributed by atoms with Crippen molar-refractivity contribution in [1.82, 2.24) is 20.4 Å². The van der Waals surface area contributed by atoms with Crippen LogP contribution in [0.3, 0.4) is 0 Å². The normalized spacial score (nSPS) is 9.22. The van der Waals surface area contributed by atoms with Crippen LogP contribution in [0.1, 0.15) is 0 Å². The molecule has 2 N–H and O–H groups in total. The number of ether oxygens (including phenoxy) is 4. The number of amides is 4. The number of carbonyl (C=O) groups excluding carboxylic acids is 4. The number of nitrogens with zero attached hydrogens (tertiary/aromatic N) is 2. The van der Waals surface area contributed by atoms with E-state index in [-0.39, 0.29) is 20.0 Å². The summed E-state index contributed by atoms with van der Waals surface area (Å²) in [7, 11) is 4.56. The fraction of sp³-hybridized carbons (Fsp3) is 0.636. The summed E-state index contributed by atoms with van der Waals surface area (Å²) in [4.78, 5) is 47.4. The highest BCUT2D eigenvalue weighted by molar-refractivity contribution is 5.72. The summed E-state index contributed by atoms with van der Waals surface area (Å²) in [5.74, 6) is 0. The van der Waals surface area contributed by atoms with Gasteiger partial charge in [-0.2, -0.15) is 0 Å². The lowest BCUT2D eigenvalue weighted by atomic mass is 10.6. The minimum absolute atomic E-state index is 0.301. The Kier molecular flexibility index (Phi) is 9.39. The van der Waals surface area contributed by atoms with E-state index in [9.17, 15) is 19.2 Å². The number of alkyl carbamates (subject to hydrolysis) is 2. The summed E-state index contributed by atoms with van der Waals surface area (Å²) in [5, 5.41) is 4.52. The van der Waals surface area contributed by atoms with E-state index in [0.29, 0.717) is 0 Å². The summed E-state index contributed by atoms with van der Waals surface area (Å²) in [6.07, 6.45) is -3.21. The zero-order chi connectivity index (χ0) is 17.8. The molecule has 0 aromatic carbocycles. The molecular formula is C11H20N4O8. The average Bonchev–Trinajstić information content (AvgIpc) is 2.58. The number of hydrogen-bond donors (Lipinski definition) is 2. The van der Waals surface area contributed by atoms with Crippen molar-refractivity contribution in [2.75, 3.05) is 48.4 Å². The third-order valence-electron chi connectivity index (χ3n) is 2.41. The van der Waals surface area contributed by atoms with Crippen molar-refractivity contribution >= 4 is 24.4 Å². The fourth-order valence-electron chi connectivity index (χ4n) is 1.27. The van der Waals surface area contributed by atoms with Gasteiger partial charge in [0.05, 0.1) is 28.4 Å². The first-order chi connectivity index (χ1) is 10.9. The maximum atomic E-state index is 11.7. The van der Waals surface area contributed by atoms with Crippen molar-refractivity contribution in [3.05, 3.63) is 0 Å². The van der Waals surface area contributed by atoms with Gasteiger partial charge in [0.2, 0.25) is 0 Å². The molecule has 0 aliphatic heterocycles. The Morgan fingerprint density at radius 3 is 1.30 bits per heavy atom. The first-order valence-electron chi connectivity index (χ1n) is 6.19. The lowest BCUT2D eigenvalue weighted by Crippen LogP contribution is -2.51. The monoisotopic (exact) mass is 336 g/mol. The van der Waals surface area contributed by atoms with E-state index >= 15 is 0 Å². The van der Waals surface area contributed by atoms with Crippen molar-refractivity contribution in [1.29, 1.82) is 0 Å². The number of nitrogens with one attached hydrogen (secondary N) is 2. The average molecular weight is 336 g/mol. The molecule has 23 heavy (non-hydrogen) atoms. The number of methoxy groups -OCH3 is 4. The van der Waals surface area contributed by atoms with Gasteiger partial charge in [0.15, 0.2) is 0 Å². The standard InChI is InChI=1S/C11H20N4O8/c1-20-8(16)12-5-14(10(18)22-3)7-15(11(19)23-4)6-13-9(17)21-2/h5-7H2,1-4H3,(H,12,16)(H,13,17). The van der Waals surface area contributed by atoms with Crippen LogP contribution in [-0.4, -0.2) is 82.6 Å². The molecule has 0 bridgehead atoms. The lowest BCUT2D eigenvalue weighted by Gasteiger charge is -2.28. The van der Waals surface area contributed by atoms with Crippen LogP contribution in [0, 0.1) is 0 Å². The molecule has 0 rings (SSSR count). The molecule has 0 saturated heterocycles. The summed E-state index contributed by atoms with van der Waals surface area (Å²) in [5.41, 5.74) is 0. The molecule has 0 radical (unpaired) electrons. The topological polar surface area (TPSA) is 136 Å². The minimum Gasteiger partial charge on any atom is -0.453 e. The van der Waals surface area contributed by atoms with Gasteiger partial charge in [-0.05, 0) is 0 Å². The maximum Gasteiger partial charge on any atom is 0.412 e. The van der Waals surface area contributed by atoms with Crippen LogP contribution in [0.2, 0.25) is 0 Å². The Bertz CT molecular complexity index is 392. The van der Waals surface area contributed by atoms with Crippen molar-refractivity contribution in [2.45, 2.75) is 0 Å². The van der Waals surface area contributed by atoms with Crippen LogP contribution in [0.25, 0.3) is 0 Å². The van der Waals surface area contributed by atoms with Crippen LogP contribution in [-0.2, 0) is 18.9 Å². The van der Waals surface area contributed by atoms with Gasteiger partial charge in [-0.1, -0.05) is 0 Å². The molecule has 0 heterocycles. The van der Waals surface area contributed by atoms with Gasteiger partial charge < -0.3 is 29.6 Å². The molecule has 0 atom stereocenters. The summed E-state index contributed by atoms with van der Waals surface area (Å²) < 4.78 is 17.8. The Balaban J connectivity index is 4.88. The molecule has 0 aromatic heterocycles. The Labute approximate surface area is 132 Å². The maximum absolute atomic E-state index is 11.7. The molecule has 0 saturated carbocycles. The van der Waals surface area contributed by atoms with Crippen LogP contribution >= 0.6 is 0 Å². The van der Waals surface area contributed by atoms with Crippen LogP contribution in [0.4, 0.5) is 19.2 Å². The Morgan fingerprint density at radius 2 is 1.04 bits per heavy atom. The van der Waals surface area contributed by atoms with E-state index in [1.807, 2.05) is 0 Å². The molecule has 0 fully saturated rings. The predicted octanol–water partition coefficient (Wildman–Crippen LogP) is -0.292. The van der Waals surface area contributed by atoms with Crippen LogP contribution in [0.15, 0.2) is 0 Å². The second kappa shape index (κ2) is 10.8. The SMILES string of the molecule is COC(=O)NCN(CN(CNC(=O)OC)C(=O)OC)C(=O)OC. The van der Waals surface area contributed by atoms with Crippen molar-refractivity contribution in [3.63, 3.8) is 0 Å². The van der Waals surface area contributed by atoms with E-state index in [0.717, 1.165) is 38.2 Å². The first kappa shape index (κ1) is 20.1. The van der Waals surface area contributed by atoms with Crippen molar-refractivity contribution < 1.29 is 38.1 Å². The highest BCUT2D eigenvalue weighted by Gasteiger charge is 2.23. The van der Waals surface area contributed by atoms with E-state index in [1.165, 1.54) is 0 Å². The van der Waals surface area contributed by atoms with Crippen molar-refractivity contribution in [3.8, 4) is 0 Å². The van der Waals surface area contributed by atoms with Gasteiger partial charge in [0.25, 0.3) is 0 Å². The number of hydrogen-bond acceptors (Lipinski definition) is 8. The third-order valence-corrected chi connectivity index (χ3v) is 2.41.